The van der Waals surface area contributed by atoms with E-state index in [0.717, 1.165) is 0 Å². The van der Waals surface area contributed by atoms with Crippen molar-refractivity contribution < 1.29 is 23.8 Å². The van der Waals surface area contributed by atoms with Gasteiger partial charge in [-0.05, 0) is 37.3 Å². The van der Waals surface area contributed by atoms with E-state index < -0.39 is 0 Å². The maximum Gasteiger partial charge on any atom is 0.251 e. The number of ether oxygens (including phenoxy) is 3. The van der Waals surface area contributed by atoms with Gasteiger partial charge in [-0.1, -0.05) is 23.9 Å². The normalized spacial score (nSPS) is 11.8. The Morgan fingerprint density at radius 1 is 1.15 bits per heavy atom. The minimum atomic E-state index is -0.260. The van der Waals surface area contributed by atoms with E-state index in [4.69, 9.17) is 14.2 Å². The Labute approximate surface area is 194 Å². The number of amides is 2. The highest BCUT2D eigenvalue weighted by atomic mass is 32.2. The average Bonchev–Trinajstić information content (AvgIpc) is 3.47. The predicted molar refractivity (Wildman–Crippen MR) is 122 cm³/mol. The number of carbonyl (C=O) groups excluding carboxylic acids is 2. The zero-order valence-electron chi connectivity index (χ0n) is 18.2. The first-order valence-corrected chi connectivity index (χ1v) is 11.2. The van der Waals surface area contributed by atoms with Crippen molar-refractivity contribution in [2.75, 3.05) is 25.0 Å². The molecule has 10 nitrogen and oxygen atoms in total. The second kappa shape index (κ2) is 10.3. The summed E-state index contributed by atoms with van der Waals surface area (Å²) in [7, 11) is 1.55. The number of nitrogens with zero attached hydrogens (tertiary/aromatic N) is 3. The lowest BCUT2D eigenvalue weighted by Crippen LogP contribution is -2.24. The first kappa shape index (κ1) is 22.5. The van der Waals surface area contributed by atoms with E-state index in [1.54, 1.807) is 37.4 Å². The maximum absolute atomic E-state index is 12.5. The van der Waals surface area contributed by atoms with E-state index in [0.29, 0.717) is 46.0 Å². The number of aromatic nitrogens is 3. The second-order valence-electron chi connectivity index (χ2n) is 6.93. The van der Waals surface area contributed by atoms with Crippen molar-refractivity contribution in [1.29, 1.82) is 0 Å². The third-order valence-electron chi connectivity index (χ3n) is 4.86. The van der Waals surface area contributed by atoms with Crippen molar-refractivity contribution in [3.8, 4) is 17.2 Å². The largest absolute Gasteiger partial charge is 0.495 e. The topological polar surface area (TPSA) is 117 Å². The molecule has 0 unspecified atom stereocenters. The standard InChI is InChI=1S/C22H23N5O5S/c1-3-27-19(11-23-21(29)14-8-9-17-18(10-14)32-13-31-17)25-26-22(27)33-12-20(28)24-15-6-4-5-7-16(15)30-2/h4-10H,3,11-13H2,1-2H3,(H,23,29)(H,24,28). The van der Waals surface area contributed by atoms with Gasteiger partial charge in [0.1, 0.15) is 5.75 Å². The first-order chi connectivity index (χ1) is 16.1. The van der Waals surface area contributed by atoms with E-state index in [-0.39, 0.29) is 30.9 Å². The summed E-state index contributed by atoms with van der Waals surface area (Å²) < 4.78 is 17.7. The summed E-state index contributed by atoms with van der Waals surface area (Å²) in [6.07, 6.45) is 0. The monoisotopic (exact) mass is 469 g/mol. The molecule has 0 saturated heterocycles. The molecule has 0 fully saturated rings. The zero-order valence-corrected chi connectivity index (χ0v) is 19.0. The Morgan fingerprint density at radius 2 is 1.97 bits per heavy atom. The van der Waals surface area contributed by atoms with Crippen LogP contribution in [0.1, 0.15) is 23.1 Å². The number of fused-ring (bicyclic) bond motifs is 1. The molecule has 1 aromatic heterocycles. The molecule has 0 aliphatic carbocycles. The molecule has 0 atom stereocenters. The van der Waals surface area contributed by atoms with Crippen LogP contribution >= 0.6 is 11.8 Å². The molecule has 2 amide bonds. The fourth-order valence-corrected chi connectivity index (χ4v) is 4.06. The lowest BCUT2D eigenvalue weighted by Gasteiger charge is -2.10. The molecule has 1 aliphatic heterocycles. The predicted octanol–water partition coefficient (Wildman–Crippen LogP) is 2.70. The number of carbonyl (C=O) groups is 2. The van der Waals surface area contributed by atoms with Crippen LogP contribution in [0.5, 0.6) is 17.2 Å². The number of hydrogen-bond donors (Lipinski definition) is 2. The minimum absolute atomic E-state index is 0.150. The van der Waals surface area contributed by atoms with Gasteiger partial charge < -0.3 is 29.4 Å². The van der Waals surface area contributed by atoms with Gasteiger partial charge in [-0.3, -0.25) is 9.59 Å². The highest BCUT2D eigenvalue weighted by Crippen LogP contribution is 2.32. The smallest absolute Gasteiger partial charge is 0.251 e. The minimum Gasteiger partial charge on any atom is -0.495 e. The molecule has 11 heteroatoms. The summed E-state index contributed by atoms with van der Waals surface area (Å²) in [6, 6.07) is 12.2. The van der Waals surface area contributed by atoms with Gasteiger partial charge in [0.25, 0.3) is 5.91 Å². The third-order valence-corrected chi connectivity index (χ3v) is 5.83. The van der Waals surface area contributed by atoms with Gasteiger partial charge in [0.2, 0.25) is 12.7 Å². The molecular formula is C22H23N5O5S. The first-order valence-electron chi connectivity index (χ1n) is 10.2. The Balaban J connectivity index is 1.34. The number of rotatable bonds is 9. The summed E-state index contributed by atoms with van der Waals surface area (Å²) in [5.41, 5.74) is 1.07. The Bertz CT molecular complexity index is 1170. The molecular weight excluding hydrogens is 446 g/mol. The molecule has 2 N–H and O–H groups in total. The van der Waals surface area contributed by atoms with E-state index in [1.165, 1.54) is 11.8 Å². The van der Waals surface area contributed by atoms with E-state index in [1.807, 2.05) is 23.6 Å². The van der Waals surface area contributed by atoms with Gasteiger partial charge in [-0.15, -0.1) is 10.2 Å². The number of hydrogen-bond acceptors (Lipinski definition) is 8. The number of para-hydroxylation sites is 2. The highest BCUT2D eigenvalue weighted by molar-refractivity contribution is 7.99. The summed E-state index contributed by atoms with van der Waals surface area (Å²) >= 11 is 1.27. The molecule has 172 valence electrons. The van der Waals surface area contributed by atoms with Crippen LogP contribution in [0.3, 0.4) is 0 Å². The van der Waals surface area contributed by atoms with Gasteiger partial charge in [-0.2, -0.15) is 0 Å². The van der Waals surface area contributed by atoms with Crippen LogP contribution in [0.2, 0.25) is 0 Å². The van der Waals surface area contributed by atoms with Gasteiger partial charge in [-0.25, -0.2) is 0 Å². The van der Waals surface area contributed by atoms with Crippen LogP contribution in [0.25, 0.3) is 0 Å². The zero-order chi connectivity index (χ0) is 23.2. The van der Waals surface area contributed by atoms with Gasteiger partial charge in [0, 0.05) is 12.1 Å². The molecule has 4 rings (SSSR count). The number of nitrogens with one attached hydrogen (secondary N) is 2. The van der Waals surface area contributed by atoms with Crippen molar-refractivity contribution in [2.45, 2.75) is 25.2 Å². The number of thioether (sulfide) groups is 1. The highest BCUT2D eigenvalue weighted by Gasteiger charge is 2.18. The van der Waals surface area contributed by atoms with Gasteiger partial charge in [0.15, 0.2) is 22.5 Å². The fourth-order valence-electron chi connectivity index (χ4n) is 3.24. The van der Waals surface area contributed by atoms with E-state index >= 15 is 0 Å². The summed E-state index contributed by atoms with van der Waals surface area (Å²) in [5, 5.41) is 14.6. The van der Waals surface area contributed by atoms with Crippen molar-refractivity contribution in [2.24, 2.45) is 0 Å². The summed E-state index contributed by atoms with van der Waals surface area (Å²) in [6.45, 7) is 2.89. The molecule has 2 aromatic carbocycles. The molecule has 1 aliphatic rings. The lowest BCUT2D eigenvalue weighted by atomic mass is 10.2. The molecule has 0 spiro atoms. The molecule has 0 radical (unpaired) electrons. The third kappa shape index (κ3) is 5.20. The van der Waals surface area contributed by atoms with E-state index in [9.17, 15) is 9.59 Å². The van der Waals surface area contributed by atoms with Crippen LogP contribution in [0.15, 0.2) is 47.6 Å². The number of anilines is 1. The van der Waals surface area contributed by atoms with Gasteiger partial charge in [0.05, 0.1) is 25.1 Å². The van der Waals surface area contributed by atoms with Crippen molar-refractivity contribution >= 4 is 29.3 Å². The van der Waals surface area contributed by atoms with Gasteiger partial charge >= 0.3 is 0 Å². The molecule has 2 heterocycles. The summed E-state index contributed by atoms with van der Waals surface area (Å²) in [4.78, 5) is 24.9. The van der Waals surface area contributed by atoms with E-state index in [2.05, 4.69) is 20.8 Å². The molecule has 0 bridgehead atoms. The fraction of sp³-hybridized carbons (Fsp3) is 0.273. The molecule has 33 heavy (non-hydrogen) atoms. The van der Waals surface area contributed by atoms with Crippen LogP contribution < -0.4 is 24.8 Å². The van der Waals surface area contributed by atoms with Crippen molar-refractivity contribution in [1.82, 2.24) is 20.1 Å². The summed E-state index contributed by atoms with van der Waals surface area (Å²) in [5.74, 6) is 2.06. The molecule has 0 saturated carbocycles. The quantitative estimate of drug-likeness (QED) is 0.460. The maximum atomic E-state index is 12.5. The van der Waals surface area contributed by atoms with Crippen LogP contribution in [0, 0.1) is 0 Å². The van der Waals surface area contributed by atoms with Crippen LogP contribution in [-0.4, -0.2) is 46.2 Å². The molecule has 3 aromatic rings. The van der Waals surface area contributed by atoms with Crippen LogP contribution in [0.4, 0.5) is 5.69 Å². The number of benzene rings is 2. The van der Waals surface area contributed by atoms with Crippen LogP contribution in [-0.2, 0) is 17.9 Å². The average molecular weight is 470 g/mol. The Kier molecular flexibility index (Phi) is 6.98. The Hall–Kier alpha value is -3.73. The SMILES string of the molecule is CCn1c(CNC(=O)c2ccc3c(c2)OCO3)nnc1SCC(=O)Nc1ccccc1OC. The van der Waals surface area contributed by atoms with Crippen molar-refractivity contribution in [3.63, 3.8) is 0 Å². The Morgan fingerprint density at radius 3 is 2.79 bits per heavy atom. The lowest BCUT2D eigenvalue weighted by molar-refractivity contribution is -0.113. The van der Waals surface area contributed by atoms with Crippen molar-refractivity contribution in [3.05, 3.63) is 53.9 Å². The number of methoxy groups -OCH3 is 1. The second-order valence-corrected chi connectivity index (χ2v) is 7.87.